The largest absolute Gasteiger partial charge is 0.497 e. The van der Waals surface area contributed by atoms with Crippen LogP contribution < -0.4 is 15.0 Å². The molecule has 2 aromatic heterocycles. The summed E-state index contributed by atoms with van der Waals surface area (Å²) < 4.78 is 11.2. The maximum Gasteiger partial charge on any atom is 0.278 e. The number of hydrogen-bond acceptors (Lipinski definition) is 6. The van der Waals surface area contributed by atoms with Gasteiger partial charge in [0.1, 0.15) is 18.1 Å². The third-order valence-electron chi connectivity index (χ3n) is 5.70. The first-order valence-electron chi connectivity index (χ1n) is 10.6. The molecule has 0 unspecified atom stereocenters. The number of H-pyrrole nitrogens is 2. The summed E-state index contributed by atoms with van der Waals surface area (Å²) >= 11 is 0. The Labute approximate surface area is 179 Å². The first-order chi connectivity index (χ1) is 15.2. The average Bonchev–Trinajstić information content (AvgIpc) is 3.22. The molecule has 0 amide bonds. The molecule has 4 aromatic rings. The third kappa shape index (κ3) is 4.11. The fraction of sp³-hybridized carbons (Fsp3) is 0.348. The number of methoxy groups -OCH3 is 1. The van der Waals surface area contributed by atoms with Crippen LogP contribution in [0.25, 0.3) is 33.6 Å². The minimum Gasteiger partial charge on any atom is -0.497 e. The number of hydrogen-bond donors (Lipinski definition) is 2. The van der Waals surface area contributed by atoms with Gasteiger partial charge in [0.05, 0.1) is 29.2 Å². The summed E-state index contributed by atoms with van der Waals surface area (Å²) in [6, 6.07) is 11.1. The molecule has 2 aromatic carbocycles. The maximum absolute atomic E-state index is 12.6. The minimum absolute atomic E-state index is 0.240. The molecule has 31 heavy (non-hydrogen) atoms. The molecule has 0 saturated carbocycles. The molecule has 0 radical (unpaired) electrons. The number of aromatic amines is 2. The third-order valence-corrected chi connectivity index (χ3v) is 5.70. The van der Waals surface area contributed by atoms with Crippen molar-refractivity contribution < 1.29 is 9.47 Å². The number of rotatable bonds is 6. The highest BCUT2D eigenvalue weighted by Gasteiger charge is 2.14. The lowest BCUT2D eigenvalue weighted by atomic mass is 10.1. The molecule has 1 aliphatic heterocycles. The van der Waals surface area contributed by atoms with E-state index in [0.29, 0.717) is 29.2 Å². The molecule has 0 bridgehead atoms. The van der Waals surface area contributed by atoms with Gasteiger partial charge in [-0.15, -0.1) is 0 Å². The van der Waals surface area contributed by atoms with Gasteiger partial charge >= 0.3 is 0 Å². The zero-order chi connectivity index (χ0) is 21.2. The molecule has 1 saturated heterocycles. The standard InChI is InChI=1S/C23H25N5O3/c1-30-15-5-7-18-19(13-15)24-21(23(29)27-18)22-25-17-8-6-16(14-20(17)26-22)31-12-11-28-9-3-2-4-10-28/h5-8,13-14H,2-4,9-12H2,1H3,(H,25,26)(H,27,29). The monoisotopic (exact) mass is 419 g/mol. The molecule has 5 rings (SSSR count). The van der Waals surface area contributed by atoms with Crippen molar-refractivity contribution >= 4 is 22.1 Å². The summed E-state index contributed by atoms with van der Waals surface area (Å²) in [6.07, 6.45) is 3.88. The second-order valence-corrected chi connectivity index (χ2v) is 7.81. The van der Waals surface area contributed by atoms with E-state index in [2.05, 4.69) is 24.8 Å². The zero-order valence-electron chi connectivity index (χ0n) is 17.5. The van der Waals surface area contributed by atoms with Gasteiger partial charge in [-0.1, -0.05) is 6.42 Å². The Morgan fingerprint density at radius 3 is 2.61 bits per heavy atom. The number of imidazole rings is 1. The second kappa shape index (κ2) is 8.39. The number of fused-ring (bicyclic) bond motifs is 2. The minimum atomic E-state index is -0.297. The van der Waals surface area contributed by atoms with Crippen LogP contribution in [0, 0.1) is 0 Å². The Morgan fingerprint density at radius 2 is 1.77 bits per heavy atom. The van der Waals surface area contributed by atoms with Crippen molar-refractivity contribution in [3.05, 3.63) is 46.8 Å². The lowest BCUT2D eigenvalue weighted by Gasteiger charge is -2.26. The predicted octanol–water partition coefficient (Wildman–Crippen LogP) is 3.34. The van der Waals surface area contributed by atoms with Gasteiger partial charge in [0.25, 0.3) is 5.56 Å². The van der Waals surface area contributed by atoms with Crippen LogP contribution in [0.5, 0.6) is 11.5 Å². The van der Waals surface area contributed by atoms with Crippen molar-refractivity contribution in [1.29, 1.82) is 0 Å². The highest BCUT2D eigenvalue weighted by Crippen LogP contribution is 2.23. The van der Waals surface area contributed by atoms with E-state index in [4.69, 9.17) is 9.47 Å². The smallest absolute Gasteiger partial charge is 0.278 e. The second-order valence-electron chi connectivity index (χ2n) is 7.81. The Hall–Kier alpha value is -3.39. The van der Waals surface area contributed by atoms with Gasteiger partial charge in [0, 0.05) is 18.7 Å². The van der Waals surface area contributed by atoms with Gasteiger partial charge in [0.2, 0.25) is 0 Å². The Balaban J connectivity index is 1.38. The Bertz CT molecular complexity index is 1270. The molecule has 0 atom stereocenters. The summed E-state index contributed by atoms with van der Waals surface area (Å²) in [5, 5.41) is 0. The fourth-order valence-electron chi connectivity index (χ4n) is 4.02. The SMILES string of the molecule is COc1ccc2[nH]c(=O)c(-c3nc4ccc(OCCN5CCCCC5)cc4[nH]3)nc2c1. The molecule has 160 valence electrons. The first-order valence-corrected chi connectivity index (χ1v) is 10.6. The van der Waals surface area contributed by atoms with E-state index in [0.717, 1.165) is 36.4 Å². The van der Waals surface area contributed by atoms with Crippen LogP contribution in [0.3, 0.4) is 0 Å². The average molecular weight is 419 g/mol. The van der Waals surface area contributed by atoms with Gasteiger partial charge < -0.3 is 19.4 Å². The van der Waals surface area contributed by atoms with Crippen molar-refractivity contribution in [3.8, 4) is 23.0 Å². The van der Waals surface area contributed by atoms with E-state index in [-0.39, 0.29) is 11.3 Å². The molecule has 8 nitrogen and oxygen atoms in total. The maximum atomic E-state index is 12.6. The molecule has 8 heteroatoms. The van der Waals surface area contributed by atoms with Gasteiger partial charge in [-0.2, -0.15) is 0 Å². The summed E-state index contributed by atoms with van der Waals surface area (Å²) in [5.74, 6) is 1.88. The molecule has 1 fully saturated rings. The molecular weight excluding hydrogens is 394 g/mol. The van der Waals surface area contributed by atoms with Gasteiger partial charge in [-0.25, -0.2) is 9.97 Å². The van der Waals surface area contributed by atoms with Crippen molar-refractivity contribution in [3.63, 3.8) is 0 Å². The van der Waals surface area contributed by atoms with Crippen molar-refractivity contribution in [2.75, 3.05) is 33.4 Å². The van der Waals surface area contributed by atoms with Crippen LogP contribution in [-0.2, 0) is 0 Å². The number of nitrogens with zero attached hydrogens (tertiary/aromatic N) is 3. The summed E-state index contributed by atoms with van der Waals surface area (Å²) in [6.45, 7) is 3.91. The number of nitrogens with one attached hydrogen (secondary N) is 2. The van der Waals surface area contributed by atoms with E-state index in [1.807, 2.05) is 18.2 Å². The normalized spacial score (nSPS) is 14.9. The molecule has 0 aliphatic carbocycles. The number of likely N-dealkylation sites (tertiary alicyclic amines) is 1. The lowest BCUT2D eigenvalue weighted by Crippen LogP contribution is -2.33. The highest BCUT2D eigenvalue weighted by molar-refractivity contribution is 5.82. The molecule has 0 spiro atoms. The predicted molar refractivity (Wildman–Crippen MR) is 120 cm³/mol. The quantitative estimate of drug-likeness (QED) is 0.498. The van der Waals surface area contributed by atoms with Crippen molar-refractivity contribution in [2.45, 2.75) is 19.3 Å². The van der Waals surface area contributed by atoms with Crippen LogP contribution in [-0.4, -0.2) is 58.2 Å². The Kier molecular flexibility index (Phi) is 5.30. The van der Waals surface area contributed by atoms with E-state index < -0.39 is 0 Å². The fourth-order valence-corrected chi connectivity index (χ4v) is 4.02. The topological polar surface area (TPSA) is 96.1 Å². The van der Waals surface area contributed by atoms with Gasteiger partial charge in [-0.05, 0) is 50.2 Å². The van der Waals surface area contributed by atoms with Crippen LogP contribution >= 0.6 is 0 Å². The molecular formula is C23H25N5O3. The number of benzene rings is 2. The summed E-state index contributed by atoms with van der Waals surface area (Å²) in [5.41, 5.74) is 2.79. The summed E-state index contributed by atoms with van der Waals surface area (Å²) in [7, 11) is 1.60. The van der Waals surface area contributed by atoms with E-state index >= 15 is 0 Å². The van der Waals surface area contributed by atoms with Crippen LogP contribution in [0.2, 0.25) is 0 Å². The lowest BCUT2D eigenvalue weighted by molar-refractivity contribution is 0.183. The number of piperidine rings is 1. The van der Waals surface area contributed by atoms with E-state index in [1.54, 1.807) is 25.3 Å². The van der Waals surface area contributed by atoms with Crippen LogP contribution in [0.1, 0.15) is 19.3 Å². The Morgan fingerprint density at radius 1 is 0.935 bits per heavy atom. The highest BCUT2D eigenvalue weighted by atomic mass is 16.5. The van der Waals surface area contributed by atoms with Crippen LogP contribution in [0.15, 0.2) is 41.2 Å². The summed E-state index contributed by atoms with van der Waals surface area (Å²) in [4.78, 5) is 30.2. The van der Waals surface area contributed by atoms with E-state index in [9.17, 15) is 4.79 Å². The molecule has 1 aliphatic rings. The first kappa shape index (κ1) is 19.6. The van der Waals surface area contributed by atoms with Crippen molar-refractivity contribution in [2.24, 2.45) is 0 Å². The van der Waals surface area contributed by atoms with Crippen molar-refractivity contribution in [1.82, 2.24) is 24.8 Å². The molecule has 2 N–H and O–H groups in total. The number of ether oxygens (including phenoxy) is 2. The zero-order valence-corrected chi connectivity index (χ0v) is 17.5. The van der Waals surface area contributed by atoms with Crippen LogP contribution in [0.4, 0.5) is 0 Å². The number of aromatic nitrogens is 4. The van der Waals surface area contributed by atoms with E-state index in [1.165, 1.54) is 19.3 Å². The molecule has 3 heterocycles. The van der Waals surface area contributed by atoms with Gasteiger partial charge in [-0.3, -0.25) is 9.69 Å². The van der Waals surface area contributed by atoms with Gasteiger partial charge in [0.15, 0.2) is 11.5 Å².